The number of rotatable bonds is 0. The molecule has 0 radical (unpaired) electrons. The summed E-state index contributed by atoms with van der Waals surface area (Å²) in [5.41, 5.74) is 0. The van der Waals surface area contributed by atoms with Gasteiger partial charge in [-0.25, -0.2) is 0 Å². The first-order valence-corrected chi connectivity index (χ1v) is 7.54. The summed E-state index contributed by atoms with van der Waals surface area (Å²) < 4.78 is 0. The van der Waals surface area contributed by atoms with Gasteiger partial charge in [-0.1, -0.05) is 6.42 Å². The standard InChI is InChI=1S/C13H29N5/c1-2-12-10-16-8-6-14-4-5-15-7-9-17-11-13(3-1)18-12/h12-18H,1-11H2. The Balaban J connectivity index is 1.72. The van der Waals surface area contributed by atoms with Gasteiger partial charge in [0.15, 0.2) is 0 Å². The van der Waals surface area contributed by atoms with Crippen LogP contribution in [0.25, 0.3) is 0 Å². The minimum absolute atomic E-state index is 0.661. The van der Waals surface area contributed by atoms with Crippen LogP contribution in [-0.4, -0.2) is 64.4 Å². The van der Waals surface area contributed by atoms with Gasteiger partial charge in [-0.05, 0) is 12.8 Å². The molecule has 5 heteroatoms. The van der Waals surface area contributed by atoms with E-state index in [2.05, 4.69) is 26.6 Å². The summed E-state index contributed by atoms with van der Waals surface area (Å²) in [6.45, 7) is 8.61. The molecule has 2 rings (SSSR count). The maximum atomic E-state index is 3.76. The van der Waals surface area contributed by atoms with Crippen molar-refractivity contribution in [1.29, 1.82) is 0 Å². The van der Waals surface area contributed by atoms with Crippen molar-refractivity contribution in [3.63, 3.8) is 0 Å². The van der Waals surface area contributed by atoms with Gasteiger partial charge in [-0.3, -0.25) is 0 Å². The van der Waals surface area contributed by atoms with Crippen molar-refractivity contribution >= 4 is 0 Å². The lowest BCUT2D eigenvalue weighted by atomic mass is 9.98. The van der Waals surface area contributed by atoms with Crippen LogP contribution in [0.1, 0.15) is 19.3 Å². The summed E-state index contributed by atoms with van der Waals surface area (Å²) in [5, 5.41) is 17.7. The summed E-state index contributed by atoms with van der Waals surface area (Å²) in [7, 11) is 0. The topological polar surface area (TPSA) is 60.1 Å². The molecule has 5 N–H and O–H groups in total. The minimum Gasteiger partial charge on any atom is -0.314 e. The van der Waals surface area contributed by atoms with Gasteiger partial charge in [-0.2, -0.15) is 0 Å². The minimum atomic E-state index is 0.661. The lowest BCUT2D eigenvalue weighted by Gasteiger charge is -2.31. The Hall–Kier alpha value is -0.200. The zero-order chi connectivity index (χ0) is 12.5. The number of piperidine rings is 1. The van der Waals surface area contributed by atoms with E-state index in [4.69, 9.17) is 0 Å². The van der Waals surface area contributed by atoms with Crippen LogP contribution in [0, 0.1) is 0 Å². The Kier molecular flexibility index (Phi) is 6.97. The highest BCUT2D eigenvalue weighted by atomic mass is 15.1. The zero-order valence-corrected chi connectivity index (χ0v) is 11.4. The lowest BCUT2D eigenvalue weighted by Crippen LogP contribution is -2.51. The van der Waals surface area contributed by atoms with Crippen molar-refractivity contribution in [2.24, 2.45) is 0 Å². The fourth-order valence-corrected chi connectivity index (χ4v) is 2.77. The largest absolute Gasteiger partial charge is 0.314 e. The van der Waals surface area contributed by atoms with Crippen LogP contribution < -0.4 is 26.6 Å². The molecule has 106 valence electrons. The second-order valence-corrected chi connectivity index (χ2v) is 5.40. The second kappa shape index (κ2) is 8.82. The van der Waals surface area contributed by atoms with E-state index in [1.165, 1.54) is 19.3 Å². The third kappa shape index (κ3) is 5.63. The normalized spacial score (nSPS) is 33.3. The van der Waals surface area contributed by atoms with E-state index in [1.807, 2.05) is 0 Å². The molecule has 2 saturated heterocycles. The number of hydrogen-bond acceptors (Lipinski definition) is 5. The molecule has 2 aliphatic rings. The lowest BCUT2D eigenvalue weighted by molar-refractivity contribution is 0.303. The van der Waals surface area contributed by atoms with Crippen molar-refractivity contribution in [1.82, 2.24) is 26.6 Å². The Morgan fingerprint density at radius 3 is 1.50 bits per heavy atom. The van der Waals surface area contributed by atoms with Crippen molar-refractivity contribution in [2.75, 3.05) is 52.4 Å². The Morgan fingerprint density at radius 1 is 0.556 bits per heavy atom. The van der Waals surface area contributed by atoms with Gasteiger partial charge in [0.2, 0.25) is 0 Å². The molecule has 18 heavy (non-hydrogen) atoms. The molecule has 0 aromatic heterocycles. The van der Waals surface area contributed by atoms with Crippen LogP contribution in [0.15, 0.2) is 0 Å². The van der Waals surface area contributed by atoms with Crippen LogP contribution in [0.3, 0.4) is 0 Å². The smallest absolute Gasteiger partial charge is 0.0195 e. The summed E-state index contributed by atoms with van der Waals surface area (Å²) in [6.07, 6.45) is 4.00. The van der Waals surface area contributed by atoms with Gasteiger partial charge >= 0.3 is 0 Å². The predicted molar refractivity (Wildman–Crippen MR) is 76.0 cm³/mol. The van der Waals surface area contributed by atoms with Crippen LogP contribution in [0.2, 0.25) is 0 Å². The maximum Gasteiger partial charge on any atom is 0.0195 e. The maximum absolute atomic E-state index is 3.76. The van der Waals surface area contributed by atoms with Crippen LogP contribution >= 0.6 is 0 Å². The fourth-order valence-electron chi connectivity index (χ4n) is 2.77. The van der Waals surface area contributed by atoms with Gasteiger partial charge in [0, 0.05) is 64.4 Å². The summed E-state index contributed by atoms with van der Waals surface area (Å²) in [6, 6.07) is 1.32. The van der Waals surface area contributed by atoms with Crippen LogP contribution in [0.4, 0.5) is 0 Å². The van der Waals surface area contributed by atoms with Gasteiger partial charge in [0.05, 0.1) is 0 Å². The third-order valence-corrected chi connectivity index (χ3v) is 3.79. The van der Waals surface area contributed by atoms with E-state index < -0.39 is 0 Å². The molecular formula is C13H29N5. The van der Waals surface area contributed by atoms with Gasteiger partial charge in [0.25, 0.3) is 0 Å². The van der Waals surface area contributed by atoms with E-state index in [9.17, 15) is 0 Å². The Morgan fingerprint density at radius 2 is 1.00 bits per heavy atom. The van der Waals surface area contributed by atoms with E-state index >= 15 is 0 Å². The molecule has 0 spiro atoms. The van der Waals surface area contributed by atoms with Crippen LogP contribution in [0.5, 0.6) is 0 Å². The fraction of sp³-hybridized carbons (Fsp3) is 1.00. The molecular weight excluding hydrogens is 226 g/mol. The first-order chi connectivity index (χ1) is 8.95. The number of fused-ring (bicyclic) bond motifs is 2. The highest BCUT2D eigenvalue weighted by molar-refractivity contribution is 4.83. The molecule has 0 aromatic carbocycles. The molecule has 2 bridgehead atoms. The van der Waals surface area contributed by atoms with Gasteiger partial charge in [0.1, 0.15) is 0 Å². The second-order valence-electron chi connectivity index (χ2n) is 5.40. The molecule has 2 unspecified atom stereocenters. The Labute approximate surface area is 111 Å². The van der Waals surface area contributed by atoms with Crippen LogP contribution in [-0.2, 0) is 0 Å². The summed E-state index contributed by atoms with van der Waals surface area (Å²) >= 11 is 0. The van der Waals surface area contributed by atoms with E-state index in [0.717, 1.165) is 52.4 Å². The monoisotopic (exact) mass is 255 g/mol. The molecule has 0 aromatic rings. The first-order valence-electron chi connectivity index (χ1n) is 7.54. The predicted octanol–water partition coefficient (Wildman–Crippen LogP) is -1.13. The summed E-state index contributed by atoms with van der Waals surface area (Å²) in [4.78, 5) is 0. The van der Waals surface area contributed by atoms with E-state index in [1.54, 1.807) is 0 Å². The highest BCUT2D eigenvalue weighted by Gasteiger charge is 2.19. The number of nitrogens with one attached hydrogen (secondary N) is 5. The molecule has 2 atom stereocenters. The molecule has 0 amide bonds. The van der Waals surface area contributed by atoms with E-state index in [-0.39, 0.29) is 0 Å². The van der Waals surface area contributed by atoms with Gasteiger partial charge in [-0.15, -0.1) is 0 Å². The van der Waals surface area contributed by atoms with Crippen molar-refractivity contribution in [2.45, 2.75) is 31.3 Å². The van der Waals surface area contributed by atoms with E-state index in [0.29, 0.717) is 12.1 Å². The quantitative estimate of drug-likeness (QED) is 0.379. The molecule has 2 aliphatic heterocycles. The van der Waals surface area contributed by atoms with Crippen molar-refractivity contribution in [3.8, 4) is 0 Å². The average Bonchev–Trinajstić information content (AvgIpc) is 2.40. The number of hydrogen-bond donors (Lipinski definition) is 5. The summed E-state index contributed by atoms with van der Waals surface area (Å²) in [5.74, 6) is 0. The van der Waals surface area contributed by atoms with Gasteiger partial charge < -0.3 is 26.6 Å². The Bertz CT molecular complexity index is 192. The average molecular weight is 255 g/mol. The SMILES string of the molecule is C1CC2CNCCNCCNCCNCC(C1)N2. The third-order valence-electron chi connectivity index (χ3n) is 3.79. The molecule has 5 nitrogen and oxygen atoms in total. The zero-order valence-electron chi connectivity index (χ0n) is 11.4. The molecule has 0 aliphatic carbocycles. The van der Waals surface area contributed by atoms with Crippen molar-refractivity contribution < 1.29 is 0 Å². The van der Waals surface area contributed by atoms with Crippen molar-refractivity contribution in [3.05, 3.63) is 0 Å². The molecule has 2 fully saturated rings. The highest BCUT2D eigenvalue weighted by Crippen LogP contribution is 2.11. The molecule has 0 saturated carbocycles. The molecule has 2 heterocycles. The first kappa shape index (κ1) is 14.2.